The van der Waals surface area contributed by atoms with Crippen molar-refractivity contribution in [3.63, 3.8) is 0 Å². The van der Waals surface area contributed by atoms with E-state index in [0.29, 0.717) is 22.4 Å². The van der Waals surface area contributed by atoms with E-state index in [4.69, 9.17) is 4.74 Å². The lowest BCUT2D eigenvalue weighted by atomic mass is 10.2. The second-order valence-electron chi connectivity index (χ2n) is 8.59. The average Bonchev–Trinajstić information content (AvgIpc) is 2.78. The van der Waals surface area contributed by atoms with Gasteiger partial charge >= 0.3 is 0 Å². The highest BCUT2D eigenvalue weighted by molar-refractivity contribution is 7.92. The molecule has 1 aromatic heterocycles. The molecule has 11 heteroatoms. The number of hydrogen-bond donors (Lipinski definition) is 2. The number of hydrogen-bond acceptors (Lipinski definition) is 9. The molecular formula is C24H29N4O5PS. The molecule has 3 rings (SSSR count). The minimum absolute atomic E-state index is 0.110. The lowest BCUT2D eigenvalue weighted by Gasteiger charge is -2.17. The zero-order valence-corrected chi connectivity index (χ0v) is 22.2. The molecule has 0 unspecified atom stereocenters. The molecule has 0 bridgehead atoms. The third-order valence-corrected chi connectivity index (χ3v) is 9.02. The first-order valence-corrected chi connectivity index (χ1v) is 15.0. The lowest BCUT2D eigenvalue weighted by Crippen LogP contribution is -2.16. The van der Waals surface area contributed by atoms with E-state index in [-0.39, 0.29) is 28.0 Å². The number of methoxy groups -OCH3 is 1. The zero-order chi connectivity index (χ0) is 26.0. The number of rotatable bonds is 9. The van der Waals surface area contributed by atoms with Crippen LogP contribution in [0.15, 0.2) is 53.6 Å². The molecule has 0 spiro atoms. The fourth-order valence-electron chi connectivity index (χ4n) is 3.23. The molecule has 2 N–H and O–H groups in total. The molecule has 0 aliphatic rings. The van der Waals surface area contributed by atoms with Gasteiger partial charge in [0.1, 0.15) is 18.7 Å². The van der Waals surface area contributed by atoms with Crippen molar-refractivity contribution in [2.75, 3.05) is 31.1 Å². The number of ketones is 1. The largest absolute Gasteiger partial charge is 0.495 e. The molecular weight excluding hydrogens is 487 g/mol. The van der Waals surface area contributed by atoms with Crippen molar-refractivity contribution in [1.82, 2.24) is 9.97 Å². The van der Waals surface area contributed by atoms with Crippen molar-refractivity contribution in [3.8, 4) is 5.75 Å². The van der Waals surface area contributed by atoms with E-state index < -0.39 is 22.2 Å². The Morgan fingerprint density at radius 2 is 1.74 bits per heavy atom. The second-order valence-corrected chi connectivity index (χ2v) is 14.3. The minimum atomic E-state index is -3.59. The van der Waals surface area contributed by atoms with Crippen LogP contribution in [0.1, 0.15) is 31.1 Å². The maximum absolute atomic E-state index is 12.9. The van der Waals surface area contributed by atoms with Crippen LogP contribution in [0.4, 0.5) is 23.1 Å². The van der Waals surface area contributed by atoms with E-state index >= 15 is 0 Å². The molecule has 0 saturated heterocycles. The van der Waals surface area contributed by atoms with Crippen molar-refractivity contribution in [1.29, 1.82) is 0 Å². The Morgan fingerprint density at radius 1 is 1.06 bits per heavy atom. The average molecular weight is 517 g/mol. The van der Waals surface area contributed by atoms with Crippen LogP contribution in [0.3, 0.4) is 0 Å². The van der Waals surface area contributed by atoms with Gasteiger partial charge in [-0.1, -0.05) is 12.1 Å². The first-order valence-electron chi connectivity index (χ1n) is 10.8. The smallest absolute Gasteiger partial charge is 0.229 e. The Hall–Kier alpha value is -3.23. The van der Waals surface area contributed by atoms with Gasteiger partial charge in [-0.25, -0.2) is 13.4 Å². The summed E-state index contributed by atoms with van der Waals surface area (Å²) in [6, 6.07) is 11.6. The third kappa shape index (κ3) is 5.89. The van der Waals surface area contributed by atoms with Crippen molar-refractivity contribution >= 4 is 51.2 Å². The van der Waals surface area contributed by atoms with Crippen molar-refractivity contribution in [2.45, 2.75) is 30.9 Å². The highest BCUT2D eigenvalue weighted by atomic mass is 32.2. The van der Waals surface area contributed by atoms with Gasteiger partial charge in [0.2, 0.25) is 5.95 Å². The quantitative estimate of drug-likeness (QED) is 0.310. The van der Waals surface area contributed by atoms with Crippen molar-refractivity contribution in [2.24, 2.45) is 0 Å². The number of carbonyl (C=O) groups is 1. The number of anilines is 4. The van der Waals surface area contributed by atoms with Gasteiger partial charge in [0.05, 0.1) is 34.2 Å². The molecule has 0 saturated carbocycles. The summed E-state index contributed by atoms with van der Waals surface area (Å²) < 4.78 is 43.6. The highest BCUT2D eigenvalue weighted by Crippen LogP contribution is 2.38. The monoisotopic (exact) mass is 516 g/mol. The van der Waals surface area contributed by atoms with Gasteiger partial charge in [0.25, 0.3) is 0 Å². The van der Waals surface area contributed by atoms with Crippen LogP contribution in [-0.2, 0) is 14.4 Å². The topological polar surface area (TPSA) is 127 Å². The van der Waals surface area contributed by atoms with Gasteiger partial charge in [-0.15, -0.1) is 0 Å². The first-order chi connectivity index (χ1) is 16.3. The molecule has 0 aliphatic carbocycles. The van der Waals surface area contributed by atoms with E-state index in [1.165, 1.54) is 26.3 Å². The summed E-state index contributed by atoms with van der Waals surface area (Å²) in [4.78, 5) is 21.0. The molecule has 0 aliphatic heterocycles. The van der Waals surface area contributed by atoms with Crippen LogP contribution in [0, 0.1) is 0 Å². The Morgan fingerprint density at radius 3 is 2.34 bits per heavy atom. The number of sulfone groups is 1. The van der Waals surface area contributed by atoms with Gasteiger partial charge in [0, 0.05) is 11.5 Å². The molecule has 2 aromatic carbocycles. The molecule has 0 atom stereocenters. The van der Waals surface area contributed by atoms with E-state index in [1.54, 1.807) is 63.6 Å². The number of aromatic nitrogens is 2. The summed E-state index contributed by atoms with van der Waals surface area (Å²) in [6.07, 6.45) is 1.37. The van der Waals surface area contributed by atoms with Gasteiger partial charge in [-0.05, 0) is 64.4 Å². The van der Waals surface area contributed by atoms with Crippen LogP contribution in [0.25, 0.3) is 0 Å². The first kappa shape index (κ1) is 26.4. The summed E-state index contributed by atoms with van der Waals surface area (Å²) in [6.45, 7) is 7.94. The van der Waals surface area contributed by atoms with Crippen LogP contribution >= 0.6 is 7.14 Å². The Balaban J connectivity index is 2.04. The Labute approximate surface area is 205 Å². The van der Waals surface area contributed by atoms with Gasteiger partial charge in [-0.2, -0.15) is 4.98 Å². The van der Waals surface area contributed by atoms with Crippen molar-refractivity contribution < 1.29 is 22.5 Å². The van der Waals surface area contributed by atoms with Crippen LogP contribution < -0.4 is 20.7 Å². The summed E-state index contributed by atoms with van der Waals surface area (Å²) in [5.74, 6) is 0.480. The number of nitrogens with zero attached hydrogens (tertiary/aromatic N) is 2. The van der Waals surface area contributed by atoms with Crippen molar-refractivity contribution in [3.05, 3.63) is 54.2 Å². The summed E-state index contributed by atoms with van der Waals surface area (Å²) in [5, 5.41) is 6.10. The summed E-state index contributed by atoms with van der Waals surface area (Å²) in [5.41, 5.74) is 1.04. The van der Waals surface area contributed by atoms with Crippen LogP contribution in [-0.4, -0.2) is 49.9 Å². The Bertz CT molecular complexity index is 1420. The van der Waals surface area contributed by atoms with E-state index in [0.717, 1.165) is 0 Å². The number of ether oxygens (including phenoxy) is 1. The molecule has 186 valence electrons. The number of Topliss-reactive ketones (excluding diaryl/α,β-unsaturated/α-hetero) is 1. The number of benzene rings is 2. The highest BCUT2D eigenvalue weighted by Gasteiger charge is 2.24. The normalized spacial score (nSPS) is 11.9. The molecule has 9 nitrogen and oxygen atoms in total. The summed E-state index contributed by atoms with van der Waals surface area (Å²) in [7, 11) is -4.58. The standard InChI is InChI=1S/C24H29N4O5PS/c1-15(2)35(31,32)22-10-8-7-9-20(22)26-23-18(16(3)29)14-25-24(28-23)27-19-12-11-17(34(5,6)30)13-21(19)33-4/h7-15H,1-6H3,(H2,25,26,27,28). The molecule has 0 radical (unpaired) electrons. The molecule has 1 heterocycles. The molecule has 35 heavy (non-hydrogen) atoms. The third-order valence-electron chi connectivity index (χ3n) is 5.29. The number of carbonyl (C=O) groups excluding carboxylic acids is 1. The predicted octanol–water partition coefficient (Wildman–Crippen LogP) is 4.61. The van der Waals surface area contributed by atoms with Gasteiger partial charge < -0.3 is 19.9 Å². The lowest BCUT2D eigenvalue weighted by molar-refractivity contribution is 0.101. The zero-order valence-electron chi connectivity index (χ0n) is 20.5. The fourth-order valence-corrected chi connectivity index (χ4v) is 5.30. The molecule has 3 aromatic rings. The Kier molecular flexibility index (Phi) is 7.67. The SMILES string of the molecule is COc1cc(P(C)(C)=O)ccc1Nc1ncc(C(C)=O)c(Nc2ccccc2S(=O)(=O)C(C)C)n1. The molecule has 0 fully saturated rings. The summed E-state index contributed by atoms with van der Waals surface area (Å²) >= 11 is 0. The van der Waals surface area contributed by atoms with E-state index in [1.807, 2.05) is 0 Å². The number of para-hydroxylation sites is 1. The molecule has 0 amide bonds. The van der Waals surface area contributed by atoms with Gasteiger partial charge in [0.15, 0.2) is 15.6 Å². The number of nitrogens with one attached hydrogen (secondary N) is 2. The van der Waals surface area contributed by atoms with Gasteiger partial charge in [-0.3, -0.25) is 4.79 Å². The second kappa shape index (κ2) is 10.2. The van der Waals surface area contributed by atoms with Crippen LogP contribution in [0.5, 0.6) is 5.75 Å². The minimum Gasteiger partial charge on any atom is -0.495 e. The predicted molar refractivity (Wildman–Crippen MR) is 139 cm³/mol. The van der Waals surface area contributed by atoms with Crippen LogP contribution in [0.2, 0.25) is 0 Å². The fraction of sp³-hybridized carbons (Fsp3) is 0.292. The van der Waals surface area contributed by atoms with E-state index in [2.05, 4.69) is 20.6 Å². The maximum Gasteiger partial charge on any atom is 0.229 e. The van der Waals surface area contributed by atoms with E-state index in [9.17, 15) is 17.8 Å². The maximum atomic E-state index is 12.9.